The van der Waals surface area contributed by atoms with Crippen molar-refractivity contribution >= 4 is 11.5 Å². The Morgan fingerprint density at radius 2 is 1.68 bits per heavy atom. The van der Waals surface area contributed by atoms with Crippen LogP contribution in [0.15, 0.2) is 6.07 Å². The number of hydrogen-bond acceptors (Lipinski definition) is 4. The molecular formula is C18H30N4. The molecular weight excluding hydrogens is 272 g/mol. The molecule has 0 spiro atoms. The topological polar surface area (TPSA) is 40.2 Å². The maximum Gasteiger partial charge on any atom is 0.128 e. The molecule has 3 rings (SSSR count). The number of anilines is 2. The number of nitrogens with one attached hydrogen (secondary N) is 2. The first-order chi connectivity index (χ1) is 10.7. The lowest BCUT2D eigenvalue weighted by molar-refractivity contribution is 0.273. The van der Waals surface area contributed by atoms with E-state index in [1.165, 1.54) is 62.6 Å². The number of aromatic nitrogens is 1. The maximum atomic E-state index is 4.75. The summed E-state index contributed by atoms with van der Waals surface area (Å²) in [6.07, 6.45) is 10.6. The summed E-state index contributed by atoms with van der Waals surface area (Å²) in [4.78, 5) is 4.75. The average Bonchev–Trinajstić information content (AvgIpc) is 2.54. The number of rotatable bonds is 4. The predicted molar refractivity (Wildman–Crippen MR) is 93.3 cm³/mol. The van der Waals surface area contributed by atoms with Crippen molar-refractivity contribution in [2.24, 2.45) is 0 Å². The lowest BCUT2D eigenvalue weighted by Gasteiger charge is -2.29. The fraction of sp³-hybridized carbons (Fsp3) is 0.722. The zero-order valence-electron chi connectivity index (χ0n) is 14.1. The van der Waals surface area contributed by atoms with Gasteiger partial charge in [-0.1, -0.05) is 25.7 Å². The second kappa shape index (κ2) is 7.32. The molecule has 0 bridgehead atoms. The van der Waals surface area contributed by atoms with Crippen LogP contribution in [0.4, 0.5) is 11.5 Å². The zero-order valence-corrected chi connectivity index (χ0v) is 14.1. The molecule has 2 N–H and O–H groups in total. The van der Waals surface area contributed by atoms with Crippen molar-refractivity contribution in [2.75, 3.05) is 23.8 Å². The van der Waals surface area contributed by atoms with Gasteiger partial charge < -0.3 is 10.7 Å². The Hall–Kier alpha value is -1.29. The van der Waals surface area contributed by atoms with Crippen molar-refractivity contribution in [3.8, 4) is 0 Å². The molecule has 1 aromatic rings. The Morgan fingerprint density at radius 3 is 2.41 bits per heavy atom. The second-order valence-electron chi connectivity index (χ2n) is 6.90. The number of pyridine rings is 1. The van der Waals surface area contributed by atoms with Crippen LogP contribution in [0.2, 0.25) is 0 Å². The Bertz CT molecular complexity index is 488. The Morgan fingerprint density at radius 1 is 1.00 bits per heavy atom. The minimum atomic E-state index is 0.603. The van der Waals surface area contributed by atoms with Gasteiger partial charge in [-0.3, -0.25) is 0 Å². The third kappa shape index (κ3) is 3.92. The van der Waals surface area contributed by atoms with Gasteiger partial charge in [-0.05, 0) is 45.1 Å². The summed E-state index contributed by atoms with van der Waals surface area (Å²) in [7, 11) is 0. The number of aryl methyl sites for hydroxylation is 1. The van der Waals surface area contributed by atoms with Gasteiger partial charge in [0.2, 0.25) is 0 Å². The van der Waals surface area contributed by atoms with Gasteiger partial charge >= 0.3 is 0 Å². The van der Waals surface area contributed by atoms with E-state index < -0.39 is 0 Å². The molecule has 4 nitrogen and oxygen atoms in total. The first kappa shape index (κ1) is 15.6. The van der Waals surface area contributed by atoms with Gasteiger partial charge in [0.1, 0.15) is 5.82 Å². The highest BCUT2D eigenvalue weighted by molar-refractivity contribution is 5.59. The van der Waals surface area contributed by atoms with Crippen molar-refractivity contribution in [1.82, 2.24) is 9.99 Å². The summed E-state index contributed by atoms with van der Waals surface area (Å²) < 4.78 is 0. The zero-order chi connectivity index (χ0) is 15.4. The van der Waals surface area contributed by atoms with Crippen LogP contribution < -0.4 is 10.7 Å². The van der Waals surface area contributed by atoms with E-state index in [-0.39, 0.29) is 0 Å². The lowest BCUT2D eigenvalue weighted by atomic mass is 9.95. The second-order valence-corrected chi connectivity index (χ2v) is 6.90. The van der Waals surface area contributed by atoms with Gasteiger partial charge in [-0.2, -0.15) is 0 Å². The van der Waals surface area contributed by atoms with E-state index in [2.05, 4.69) is 35.7 Å². The minimum Gasteiger partial charge on any atom is -0.367 e. The van der Waals surface area contributed by atoms with Gasteiger partial charge in [-0.25, -0.2) is 9.99 Å². The quantitative estimate of drug-likeness (QED) is 0.872. The average molecular weight is 302 g/mol. The molecule has 2 heterocycles. The summed E-state index contributed by atoms with van der Waals surface area (Å²) in [6.45, 7) is 6.57. The smallest absolute Gasteiger partial charge is 0.128 e. The number of hydrazine groups is 1. The minimum absolute atomic E-state index is 0.603. The normalized spacial score (nSPS) is 20.8. The SMILES string of the molecule is Cc1nc(NC2CCCCC2)cc(NN2CCCCC2)c1C. The Balaban J connectivity index is 1.70. The molecule has 0 radical (unpaired) electrons. The fourth-order valence-corrected chi connectivity index (χ4v) is 3.56. The van der Waals surface area contributed by atoms with Crippen molar-refractivity contribution in [3.63, 3.8) is 0 Å². The van der Waals surface area contributed by atoms with E-state index in [9.17, 15) is 0 Å². The molecule has 0 aromatic carbocycles. The van der Waals surface area contributed by atoms with Crippen molar-refractivity contribution < 1.29 is 0 Å². The van der Waals surface area contributed by atoms with Crippen LogP contribution in [0.25, 0.3) is 0 Å². The van der Waals surface area contributed by atoms with Gasteiger partial charge in [0.05, 0.1) is 5.69 Å². The van der Waals surface area contributed by atoms with Crippen molar-refractivity contribution in [2.45, 2.75) is 71.3 Å². The summed E-state index contributed by atoms with van der Waals surface area (Å²) in [5.74, 6) is 1.04. The fourth-order valence-electron chi connectivity index (χ4n) is 3.56. The van der Waals surface area contributed by atoms with Crippen molar-refractivity contribution in [3.05, 3.63) is 17.3 Å². The maximum absolute atomic E-state index is 4.75. The first-order valence-corrected chi connectivity index (χ1v) is 8.99. The Labute approximate surface area is 134 Å². The predicted octanol–water partition coefficient (Wildman–Crippen LogP) is 4.26. The molecule has 2 aliphatic rings. The number of nitrogens with zero attached hydrogens (tertiary/aromatic N) is 2. The van der Waals surface area contributed by atoms with E-state index in [0.29, 0.717) is 6.04 Å². The van der Waals surface area contributed by atoms with Gasteiger partial charge in [0.25, 0.3) is 0 Å². The van der Waals surface area contributed by atoms with Gasteiger partial charge in [0.15, 0.2) is 0 Å². The largest absolute Gasteiger partial charge is 0.367 e. The standard InChI is InChI=1S/C18H30N4/c1-14-15(2)19-18(20-16-9-5-3-6-10-16)13-17(14)21-22-11-7-4-8-12-22/h13,16H,3-12H2,1-2H3,(H2,19,20,21). The third-order valence-electron chi connectivity index (χ3n) is 5.11. The highest BCUT2D eigenvalue weighted by Gasteiger charge is 2.16. The highest BCUT2D eigenvalue weighted by atomic mass is 15.5. The number of piperidine rings is 1. The Kier molecular flexibility index (Phi) is 5.19. The van der Waals surface area contributed by atoms with Crippen LogP contribution in [0, 0.1) is 13.8 Å². The molecule has 22 heavy (non-hydrogen) atoms. The van der Waals surface area contributed by atoms with E-state index in [4.69, 9.17) is 4.98 Å². The summed E-state index contributed by atoms with van der Waals surface area (Å²) >= 11 is 0. The molecule has 0 atom stereocenters. The molecule has 1 saturated carbocycles. The summed E-state index contributed by atoms with van der Waals surface area (Å²) in [6, 6.07) is 2.80. The van der Waals surface area contributed by atoms with Crippen LogP contribution in [0.1, 0.15) is 62.6 Å². The van der Waals surface area contributed by atoms with Crippen LogP contribution in [0.3, 0.4) is 0 Å². The summed E-state index contributed by atoms with van der Waals surface area (Å²) in [5, 5.41) is 6.01. The van der Waals surface area contributed by atoms with Gasteiger partial charge in [0, 0.05) is 30.9 Å². The third-order valence-corrected chi connectivity index (χ3v) is 5.11. The molecule has 122 valence electrons. The van der Waals surface area contributed by atoms with Crippen LogP contribution in [0.5, 0.6) is 0 Å². The first-order valence-electron chi connectivity index (χ1n) is 8.99. The molecule has 1 aliphatic heterocycles. The highest BCUT2D eigenvalue weighted by Crippen LogP contribution is 2.26. The molecule has 1 saturated heterocycles. The number of hydrogen-bond donors (Lipinski definition) is 2. The molecule has 1 aliphatic carbocycles. The van der Waals surface area contributed by atoms with Crippen molar-refractivity contribution in [1.29, 1.82) is 0 Å². The molecule has 4 heteroatoms. The molecule has 1 aromatic heterocycles. The monoisotopic (exact) mass is 302 g/mol. The van der Waals surface area contributed by atoms with E-state index in [0.717, 1.165) is 24.6 Å². The van der Waals surface area contributed by atoms with Crippen LogP contribution in [-0.4, -0.2) is 29.1 Å². The van der Waals surface area contributed by atoms with Crippen LogP contribution >= 0.6 is 0 Å². The van der Waals surface area contributed by atoms with Gasteiger partial charge in [-0.15, -0.1) is 0 Å². The summed E-state index contributed by atoms with van der Waals surface area (Å²) in [5.41, 5.74) is 7.23. The molecule has 0 unspecified atom stereocenters. The lowest BCUT2D eigenvalue weighted by Crippen LogP contribution is -2.35. The van der Waals surface area contributed by atoms with E-state index >= 15 is 0 Å². The molecule has 2 fully saturated rings. The van der Waals surface area contributed by atoms with Crippen LogP contribution in [-0.2, 0) is 0 Å². The van der Waals surface area contributed by atoms with E-state index in [1.54, 1.807) is 0 Å². The van der Waals surface area contributed by atoms with E-state index in [1.807, 2.05) is 0 Å². The molecule has 0 amide bonds.